The van der Waals surface area contributed by atoms with Crippen LogP contribution in [0.1, 0.15) is 17.2 Å². The quantitative estimate of drug-likeness (QED) is 0.573. The zero-order valence-electron chi connectivity index (χ0n) is 9.71. The molecule has 19 heavy (non-hydrogen) atoms. The Morgan fingerprint density at radius 1 is 1.16 bits per heavy atom. The molecule has 100 valence electrons. The predicted molar refractivity (Wildman–Crippen MR) is 89.6 cm³/mol. The van der Waals surface area contributed by atoms with Gasteiger partial charge in [0.05, 0.1) is 6.10 Å². The first-order valence-corrected chi connectivity index (χ1v) is 8.20. The van der Waals surface area contributed by atoms with Gasteiger partial charge in [-0.2, -0.15) is 0 Å². The lowest BCUT2D eigenvalue weighted by molar-refractivity contribution is 0.177. The summed E-state index contributed by atoms with van der Waals surface area (Å²) in [5.74, 6) is -0.307. The maximum Gasteiger partial charge on any atom is 0.124 e. The van der Waals surface area contributed by atoms with Gasteiger partial charge in [-0.15, -0.1) is 0 Å². The molecule has 1 N–H and O–H groups in total. The molecular formula is C14H10Br2FIO. The largest absolute Gasteiger partial charge is 0.388 e. The van der Waals surface area contributed by atoms with Gasteiger partial charge in [0.1, 0.15) is 5.82 Å². The van der Waals surface area contributed by atoms with E-state index in [1.54, 1.807) is 0 Å². The van der Waals surface area contributed by atoms with Gasteiger partial charge in [-0.25, -0.2) is 4.39 Å². The SMILES string of the molecule is OC(Cc1cc(F)cc(Br)c1)c1cc(I)ccc1Br. The zero-order chi connectivity index (χ0) is 14.0. The maximum atomic E-state index is 13.3. The predicted octanol–water partition coefficient (Wildman–Crippen LogP) is 5.23. The monoisotopic (exact) mass is 498 g/mol. The van der Waals surface area contributed by atoms with Gasteiger partial charge in [0.15, 0.2) is 0 Å². The van der Waals surface area contributed by atoms with Crippen molar-refractivity contribution in [3.05, 3.63) is 65.9 Å². The van der Waals surface area contributed by atoms with Crippen molar-refractivity contribution in [2.45, 2.75) is 12.5 Å². The molecule has 2 rings (SSSR count). The third-order valence-corrected chi connectivity index (χ3v) is 4.52. The number of rotatable bonds is 3. The summed E-state index contributed by atoms with van der Waals surface area (Å²) in [6, 6.07) is 10.4. The zero-order valence-corrected chi connectivity index (χ0v) is 15.0. The summed E-state index contributed by atoms with van der Waals surface area (Å²) in [6.07, 6.45) is -0.299. The van der Waals surface area contributed by atoms with Crippen molar-refractivity contribution in [1.82, 2.24) is 0 Å². The van der Waals surface area contributed by atoms with Crippen LogP contribution in [0.5, 0.6) is 0 Å². The number of halogens is 4. The molecule has 0 saturated carbocycles. The molecule has 0 aromatic heterocycles. The Kier molecular flexibility index (Phi) is 5.39. The fourth-order valence-corrected chi connectivity index (χ4v) is 3.37. The van der Waals surface area contributed by atoms with Crippen molar-refractivity contribution < 1.29 is 9.50 Å². The third kappa shape index (κ3) is 4.24. The van der Waals surface area contributed by atoms with E-state index >= 15 is 0 Å². The highest BCUT2D eigenvalue weighted by molar-refractivity contribution is 14.1. The highest BCUT2D eigenvalue weighted by Gasteiger charge is 2.13. The Labute approximate surface area is 141 Å². The van der Waals surface area contributed by atoms with Gasteiger partial charge in [-0.05, 0) is 70.1 Å². The Bertz CT molecular complexity index is 584. The van der Waals surface area contributed by atoms with Crippen LogP contribution in [0.4, 0.5) is 4.39 Å². The highest BCUT2D eigenvalue weighted by Crippen LogP contribution is 2.28. The Morgan fingerprint density at radius 2 is 1.89 bits per heavy atom. The molecule has 1 unspecified atom stereocenters. The Morgan fingerprint density at radius 3 is 2.58 bits per heavy atom. The van der Waals surface area contributed by atoms with Crippen molar-refractivity contribution in [3.63, 3.8) is 0 Å². The normalized spacial score (nSPS) is 12.5. The highest BCUT2D eigenvalue weighted by atomic mass is 127. The van der Waals surface area contributed by atoms with Crippen LogP contribution in [0.2, 0.25) is 0 Å². The number of hydrogen-bond donors (Lipinski definition) is 1. The molecule has 0 radical (unpaired) electrons. The number of hydrogen-bond acceptors (Lipinski definition) is 1. The second kappa shape index (κ2) is 6.65. The third-order valence-electron chi connectivity index (χ3n) is 2.67. The first-order valence-electron chi connectivity index (χ1n) is 5.53. The first kappa shape index (κ1) is 15.4. The molecule has 5 heteroatoms. The Balaban J connectivity index is 2.25. The van der Waals surface area contributed by atoms with E-state index in [9.17, 15) is 9.50 Å². The molecule has 0 aliphatic carbocycles. The van der Waals surface area contributed by atoms with Gasteiger partial charge < -0.3 is 5.11 Å². The average molecular weight is 500 g/mol. The molecule has 0 spiro atoms. The van der Waals surface area contributed by atoms with Crippen LogP contribution in [-0.4, -0.2) is 5.11 Å². The second-order valence-corrected chi connectivity index (χ2v) is 7.18. The van der Waals surface area contributed by atoms with Gasteiger partial charge >= 0.3 is 0 Å². The van der Waals surface area contributed by atoms with Gasteiger partial charge in [0.2, 0.25) is 0 Å². The lowest BCUT2D eigenvalue weighted by Gasteiger charge is -2.14. The van der Waals surface area contributed by atoms with Crippen LogP contribution >= 0.6 is 54.5 Å². The van der Waals surface area contributed by atoms with E-state index in [0.29, 0.717) is 10.9 Å². The van der Waals surface area contributed by atoms with Crippen molar-refractivity contribution in [2.75, 3.05) is 0 Å². The molecule has 0 bridgehead atoms. The summed E-state index contributed by atoms with van der Waals surface area (Å²) < 4.78 is 15.9. The molecule has 0 heterocycles. The summed E-state index contributed by atoms with van der Waals surface area (Å²) in [4.78, 5) is 0. The van der Waals surface area contributed by atoms with Crippen LogP contribution < -0.4 is 0 Å². The standard InChI is InChI=1S/C14H10Br2FIO/c15-9-3-8(4-10(17)6-9)5-14(19)12-7-11(18)1-2-13(12)16/h1-4,6-7,14,19H,5H2. The fourth-order valence-electron chi connectivity index (χ4n) is 1.83. The molecule has 0 saturated heterocycles. The van der Waals surface area contributed by atoms with E-state index in [2.05, 4.69) is 54.5 Å². The number of aliphatic hydroxyl groups excluding tert-OH is 1. The summed E-state index contributed by atoms with van der Waals surface area (Å²) in [5, 5.41) is 10.3. The average Bonchev–Trinajstić information content (AvgIpc) is 2.30. The van der Waals surface area contributed by atoms with Crippen LogP contribution in [0, 0.1) is 9.39 Å². The number of benzene rings is 2. The summed E-state index contributed by atoms with van der Waals surface area (Å²) in [6.45, 7) is 0. The first-order chi connectivity index (χ1) is 8.95. The fraction of sp³-hybridized carbons (Fsp3) is 0.143. The minimum atomic E-state index is -0.669. The van der Waals surface area contributed by atoms with Crippen molar-refractivity contribution in [3.8, 4) is 0 Å². The number of aliphatic hydroxyl groups is 1. The molecule has 0 aliphatic rings. The molecule has 2 aromatic rings. The Hall–Kier alpha value is 0.0200. The molecule has 0 amide bonds. The van der Waals surface area contributed by atoms with Gasteiger partial charge in [0, 0.05) is 18.9 Å². The summed E-state index contributed by atoms with van der Waals surface area (Å²) >= 11 is 8.88. The van der Waals surface area contributed by atoms with Crippen LogP contribution in [0.3, 0.4) is 0 Å². The van der Waals surface area contributed by atoms with E-state index < -0.39 is 6.10 Å². The molecular weight excluding hydrogens is 490 g/mol. The van der Waals surface area contributed by atoms with E-state index in [4.69, 9.17) is 0 Å². The lowest BCUT2D eigenvalue weighted by atomic mass is 10.0. The van der Waals surface area contributed by atoms with Crippen molar-refractivity contribution in [1.29, 1.82) is 0 Å². The smallest absolute Gasteiger partial charge is 0.124 e. The van der Waals surface area contributed by atoms with Crippen LogP contribution in [0.15, 0.2) is 45.3 Å². The van der Waals surface area contributed by atoms with Crippen molar-refractivity contribution in [2.24, 2.45) is 0 Å². The molecule has 2 aromatic carbocycles. The van der Waals surface area contributed by atoms with E-state index in [0.717, 1.165) is 19.2 Å². The van der Waals surface area contributed by atoms with E-state index in [1.165, 1.54) is 12.1 Å². The molecule has 1 nitrogen and oxygen atoms in total. The molecule has 1 atom stereocenters. The van der Waals surface area contributed by atoms with Gasteiger partial charge in [-0.3, -0.25) is 0 Å². The summed E-state index contributed by atoms with van der Waals surface area (Å²) in [5.41, 5.74) is 1.57. The van der Waals surface area contributed by atoms with Gasteiger partial charge in [0.25, 0.3) is 0 Å². The van der Waals surface area contributed by atoms with Crippen LogP contribution in [0.25, 0.3) is 0 Å². The van der Waals surface area contributed by atoms with Crippen molar-refractivity contribution >= 4 is 54.5 Å². The minimum Gasteiger partial charge on any atom is -0.388 e. The van der Waals surface area contributed by atoms with Crippen LogP contribution in [-0.2, 0) is 6.42 Å². The van der Waals surface area contributed by atoms with Gasteiger partial charge in [-0.1, -0.05) is 31.9 Å². The molecule has 0 aliphatic heterocycles. The summed E-state index contributed by atoms with van der Waals surface area (Å²) in [7, 11) is 0. The van der Waals surface area contributed by atoms with E-state index in [-0.39, 0.29) is 5.82 Å². The minimum absolute atomic E-state index is 0.307. The topological polar surface area (TPSA) is 20.2 Å². The van der Waals surface area contributed by atoms with E-state index in [1.807, 2.05) is 24.3 Å². The lowest BCUT2D eigenvalue weighted by Crippen LogP contribution is -2.03. The maximum absolute atomic E-state index is 13.3. The second-order valence-electron chi connectivity index (χ2n) is 4.16. The molecule has 0 fully saturated rings.